The monoisotopic (exact) mass is 446 g/mol. The van der Waals surface area contributed by atoms with Crippen LogP contribution in [0.1, 0.15) is 18.5 Å². The highest BCUT2D eigenvalue weighted by molar-refractivity contribution is 9.10. The van der Waals surface area contributed by atoms with Gasteiger partial charge in [0.15, 0.2) is 0 Å². The SMILES string of the molecule is C[C@@H](NCC(=O)Nc1cc(-c2ccc(Cl)cc2)nn1C)c1ccc(Br)cc1. The number of aryl methyl sites for hydroxylation is 1. The zero-order chi connectivity index (χ0) is 19.4. The smallest absolute Gasteiger partial charge is 0.239 e. The fraction of sp³-hybridized carbons (Fsp3) is 0.200. The number of amides is 1. The Morgan fingerprint density at radius 1 is 1.19 bits per heavy atom. The van der Waals surface area contributed by atoms with Crippen molar-refractivity contribution in [1.82, 2.24) is 15.1 Å². The third kappa shape index (κ3) is 5.19. The average Bonchev–Trinajstić information content (AvgIpc) is 3.01. The van der Waals surface area contributed by atoms with E-state index in [0.29, 0.717) is 10.8 Å². The van der Waals surface area contributed by atoms with Gasteiger partial charge in [-0.05, 0) is 36.8 Å². The highest BCUT2D eigenvalue weighted by Gasteiger charge is 2.12. The van der Waals surface area contributed by atoms with Gasteiger partial charge in [-0.1, -0.05) is 51.8 Å². The second kappa shape index (κ2) is 8.69. The Hall–Kier alpha value is -2.15. The van der Waals surface area contributed by atoms with Crippen molar-refractivity contribution >= 4 is 39.3 Å². The summed E-state index contributed by atoms with van der Waals surface area (Å²) in [6.45, 7) is 2.23. The Labute approximate surface area is 171 Å². The molecular weight excluding hydrogens is 428 g/mol. The minimum Gasteiger partial charge on any atom is -0.310 e. The van der Waals surface area contributed by atoms with Gasteiger partial charge in [0, 0.05) is 34.2 Å². The van der Waals surface area contributed by atoms with E-state index < -0.39 is 0 Å². The van der Waals surface area contributed by atoms with Gasteiger partial charge in [0.2, 0.25) is 5.91 Å². The quantitative estimate of drug-likeness (QED) is 0.571. The molecule has 0 spiro atoms. The molecule has 0 unspecified atom stereocenters. The van der Waals surface area contributed by atoms with Gasteiger partial charge in [0.25, 0.3) is 0 Å². The third-order valence-electron chi connectivity index (χ3n) is 4.23. The van der Waals surface area contributed by atoms with Crippen molar-refractivity contribution in [3.8, 4) is 11.3 Å². The molecule has 1 aromatic heterocycles. The van der Waals surface area contributed by atoms with Crippen LogP contribution in [0.15, 0.2) is 59.1 Å². The van der Waals surface area contributed by atoms with E-state index in [4.69, 9.17) is 11.6 Å². The van der Waals surface area contributed by atoms with Crippen molar-refractivity contribution in [3.05, 3.63) is 69.7 Å². The number of anilines is 1. The fourth-order valence-corrected chi connectivity index (χ4v) is 3.04. The van der Waals surface area contributed by atoms with Crippen molar-refractivity contribution in [3.63, 3.8) is 0 Å². The van der Waals surface area contributed by atoms with Gasteiger partial charge in [0.1, 0.15) is 5.82 Å². The number of nitrogens with one attached hydrogen (secondary N) is 2. The van der Waals surface area contributed by atoms with Gasteiger partial charge < -0.3 is 10.6 Å². The van der Waals surface area contributed by atoms with Gasteiger partial charge in [-0.15, -0.1) is 0 Å². The second-order valence-corrected chi connectivity index (χ2v) is 7.60. The number of nitrogens with zero attached hydrogens (tertiary/aromatic N) is 2. The molecular formula is C20H20BrClN4O. The molecule has 1 heterocycles. The minimum atomic E-state index is -0.121. The molecule has 3 aromatic rings. The lowest BCUT2D eigenvalue weighted by Gasteiger charge is -2.14. The maximum Gasteiger partial charge on any atom is 0.239 e. The average molecular weight is 448 g/mol. The number of hydrogen-bond donors (Lipinski definition) is 2. The summed E-state index contributed by atoms with van der Waals surface area (Å²) >= 11 is 9.35. The Kier molecular flexibility index (Phi) is 6.31. The van der Waals surface area contributed by atoms with Gasteiger partial charge in [-0.2, -0.15) is 5.10 Å². The number of carbonyl (C=O) groups excluding carboxylic acids is 1. The van der Waals surface area contributed by atoms with Crippen molar-refractivity contribution in [2.45, 2.75) is 13.0 Å². The van der Waals surface area contributed by atoms with Gasteiger partial charge >= 0.3 is 0 Å². The van der Waals surface area contributed by atoms with E-state index in [1.54, 1.807) is 11.7 Å². The summed E-state index contributed by atoms with van der Waals surface area (Å²) in [6.07, 6.45) is 0. The van der Waals surface area contributed by atoms with Gasteiger partial charge in [-0.3, -0.25) is 9.48 Å². The first-order valence-electron chi connectivity index (χ1n) is 8.51. The normalized spacial score (nSPS) is 12.0. The minimum absolute atomic E-state index is 0.0695. The molecule has 1 atom stereocenters. The molecule has 0 radical (unpaired) electrons. The summed E-state index contributed by atoms with van der Waals surface area (Å²) in [5, 5.41) is 11.2. The summed E-state index contributed by atoms with van der Waals surface area (Å²) < 4.78 is 2.68. The molecule has 140 valence electrons. The summed E-state index contributed by atoms with van der Waals surface area (Å²) in [5.74, 6) is 0.521. The van der Waals surface area contributed by atoms with Crippen LogP contribution < -0.4 is 10.6 Å². The summed E-state index contributed by atoms with van der Waals surface area (Å²) in [7, 11) is 1.80. The molecule has 5 nitrogen and oxygen atoms in total. The zero-order valence-corrected chi connectivity index (χ0v) is 17.4. The maximum atomic E-state index is 12.3. The van der Waals surface area contributed by atoms with E-state index in [1.165, 1.54) is 0 Å². The summed E-state index contributed by atoms with van der Waals surface area (Å²) in [4.78, 5) is 12.3. The molecule has 2 aromatic carbocycles. The Bertz CT molecular complexity index is 922. The lowest BCUT2D eigenvalue weighted by molar-refractivity contribution is -0.115. The fourth-order valence-electron chi connectivity index (χ4n) is 2.65. The van der Waals surface area contributed by atoms with E-state index in [9.17, 15) is 4.79 Å². The molecule has 0 bridgehead atoms. The van der Waals surface area contributed by atoms with Crippen molar-refractivity contribution < 1.29 is 4.79 Å². The van der Waals surface area contributed by atoms with Crippen LogP contribution in [0.3, 0.4) is 0 Å². The molecule has 3 rings (SSSR count). The predicted molar refractivity (Wildman–Crippen MR) is 113 cm³/mol. The molecule has 0 aliphatic carbocycles. The van der Waals surface area contributed by atoms with E-state index in [-0.39, 0.29) is 18.5 Å². The molecule has 27 heavy (non-hydrogen) atoms. The third-order valence-corrected chi connectivity index (χ3v) is 5.01. The van der Waals surface area contributed by atoms with Crippen LogP contribution >= 0.6 is 27.5 Å². The lowest BCUT2D eigenvalue weighted by atomic mass is 10.1. The van der Waals surface area contributed by atoms with Crippen LogP contribution in [-0.2, 0) is 11.8 Å². The zero-order valence-electron chi connectivity index (χ0n) is 15.0. The lowest BCUT2D eigenvalue weighted by Crippen LogP contribution is -2.30. The van der Waals surface area contributed by atoms with Crippen LogP contribution in [0.2, 0.25) is 5.02 Å². The second-order valence-electron chi connectivity index (χ2n) is 6.25. The molecule has 1 amide bonds. The summed E-state index contributed by atoms with van der Waals surface area (Å²) in [5.41, 5.74) is 2.84. The Morgan fingerprint density at radius 3 is 2.52 bits per heavy atom. The molecule has 0 fully saturated rings. The Balaban J connectivity index is 1.59. The first-order valence-corrected chi connectivity index (χ1v) is 9.68. The first kappa shape index (κ1) is 19.6. The molecule has 0 saturated carbocycles. The number of rotatable bonds is 6. The number of halogens is 2. The van der Waals surface area contributed by atoms with E-state index >= 15 is 0 Å². The van der Waals surface area contributed by atoms with E-state index in [1.807, 2.05) is 61.5 Å². The molecule has 0 saturated heterocycles. The van der Waals surface area contributed by atoms with Crippen LogP contribution in [-0.4, -0.2) is 22.2 Å². The molecule has 0 aliphatic rings. The summed E-state index contributed by atoms with van der Waals surface area (Å²) in [6, 6.07) is 17.4. The van der Waals surface area contributed by atoms with Crippen LogP contribution in [0.4, 0.5) is 5.82 Å². The number of benzene rings is 2. The predicted octanol–water partition coefficient (Wildman–Crippen LogP) is 4.79. The van der Waals surface area contributed by atoms with Crippen molar-refractivity contribution in [1.29, 1.82) is 0 Å². The highest BCUT2D eigenvalue weighted by atomic mass is 79.9. The number of aromatic nitrogens is 2. The van der Waals surface area contributed by atoms with Crippen molar-refractivity contribution in [2.75, 3.05) is 11.9 Å². The maximum absolute atomic E-state index is 12.3. The van der Waals surface area contributed by atoms with Gasteiger partial charge in [0.05, 0.1) is 12.2 Å². The van der Waals surface area contributed by atoms with Crippen LogP contribution in [0.25, 0.3) is 11.3 Å². The van der Waals surface area contributed by atoms with Crippen LogP contribution in [0.5, 0.6) is 0 Å². The molecule has 2 N–H and O–H groups in total. The van der Waals surface area contributed by atoms with Crippen molar-refractivity contribution in [2.24, 2.45) is 7.05 Å². The van der Waals surface area contributed by atoms with Crippen LogP contribution in [0, 0.1) is 0 Å². The standard InChI is InChI=1S/C20H20BrClN4O/c1-13(14-3-7-16(21)8-4-14)23-12-20(27)24-19-11-18(25-26(19)2)15-5-9-17(22)10-6-15/h3-11,13,23H,12H2,1-2H3,(H,24,27)/t13-/m1/s1. The number of hydrogen-bond acceptors (Lipinski definition) is 3. The first-order chi connectivity index (χ1) is 12.9. The highest BCUT2D eigenvalue weighted by Crippen LogP contribution is 2.23. The molecule has 0 aliphatic heterocycles. The topological polar surface area (TPSA) is 59.0 Å². The Morgan fingerprint density at radius 2 is 1.85 bits per heavy atom. The molecule has 7 heteroatoms. The van der Waals surface area contributed by atoms with E-state index in [2.05, 4.69) is 31.7 Å². The number of carbonyl (C=O) groups is 1. The van der Waals surface area contributed by atoms with E-state index in [0.717, 1.165) is 21.3 Å². The van der Waals surface area contributed by atoms with Gasteiger partial charge in [-0.25, -0.2) is 0 Å². The largest absolute Gasteiger partial charge is 0.310 e.